The molecule has 0 bridgehead atoms. The number of rotatable bonds is 11. The van der Waals surface area contributed by atoms with Crippen molar-refractivity contribution in [3.8, 4) is 5.75 Å². The summed E-state index contributed by atoms with van der Waals surface area (Å²) in [6, 6.07) is 7.57. The number of halogens is 1. The molecule has 1 unspecified atom stereocenters. The Kier molecular flexibility index (Phi) is 9.66. The summed E-state index contributed by atoms with van der Waals surface area (Å²) in [5.74, 6) is 0.764. The van der Waals surface area contributed by atoms with Gasteiger partial charge in [0.1, 0.15) is 18.5 Å². The Balaban J connectivity index is 2.00. The lowest BCUT2D eigenvalue weighted by Crippen LogP contribution is -2.32. The first kappa shape index (κ1) is 17.4. The van der Waals surface area contributed by atoms with Gasteiger partial charge in [0.25, 0.3) is 0 Å². The third kappa shape index (κ3) is 8.53. The van der Waals surface area contributed by atoms with Gasteiger partial charge in [0.2, 0.25) is 0 Å². The highest BCUT2D eigenvalue weighted by Crippen LogP contribution is 2.16. The maximum absolute atomic E-state index is 9.78. The van der Waals surface area contributed by atoms with Gasteiger partial charge >= 0.3 is 0 Å². The molecule has 0 aliphatic heterocycles. The molecule has 0 aromatic heterocycles. The third-order valence-electron chi connectivity index (χ3n) is 2.63. The van der Waals surface area contributed by atoms with E-state index in [1.165, 1.54) is 0 Å². The molecule has 0 aliphatic rings. The lowest BCUT2D eigenvalue weighted by Gasteiger charge is -2.13. The number of hydrogen-bond acceptors (Lipinski definition) is 4. The van der Waals surface area contributed by atoms with E-state index in [0.29, 0.717) is 13.2 Å². The molecule has 20 heavy (non-hydrogen) atoms. The van der Waals surface area contributed by atoms with E-state index in [1.54, 1.807) is 0 Å². The molecule has 1 aromatic carbocycles. The number of hydrogen-bond donors (Lipinski definition) is 2. The molecule has 0 radical (unpaired) electrons. The molecule has 0 heterocycles. The molecule has 0 spiro atoms. The molecule has 1 atom stereocenters. The van der Waals surface area contributed by atoms with E-state index in [-0.39, 0.29) is 0 Å². The van der Waals surface area contributed by atoms with Gasteiger partial charge in [-0.25, -0.2) is 0 Å². The fraction of sp³-hybridized carbons (Fsp3) is 0.600. The first-order valence-corrected chi connectivity index (χ1v) is 7.86. The zero-order valence-electron chi connectivity index (χ0n) is 12.0. The zero-order chi connectivity index (χ0) is 14.6. The van der Waals surface area contributed by atoms with Crippen molar-refractivity contribution in [1.82, 2.24) is 5.32 Å². The van der Waals surface area contributed by atoms with Crippen LogP contribution in [0.5, 0.6) is 5.75 Å². The number of benzene rings is 1. The smallest absolute Gasteiger partial charge is 0.119 e. The summed E-state index contributed by atoms with van der Waals surface area (Å²) in [5.41, 5.74) is 0. The monoisotopic (exact) mass is 345 g/mol. The van der Waals surface area contributed by atoms with Crippen LogP contribution in [0, 0.1) is 0 Å². The summed E-state index contributed by atoms with van der Waals surface area (Å²) < 4.78 is 11.9. The van der Waals surface area contributed by atoms with Gasteiger partial charge in [-0.2, -0.15) is 0 Å². The van der Waals surface area contributed by atoms with Gasteiger partial charge in [-0.05, 0) is 43.7 Å². The molecule has 114 valence electrons. The van der Waals surface area contributed by atoms with Gasteiger partial charge < -0.3 is 19.9 Å². The van der Waals surface area contributed by atoms with Crippen LogP contribution in [0.4, 0.5) is 0 Å². The van der Waals surface area contributed by atoms with Crippen LogP contribution < -0.4 is 10.1 Å². The van der Waals surface area contributed by atoms with Crippen LogP contribution in [0.15, 0.2) is 28.7 Å². The average Bonchev–Trinajstić information content (AvgIpc) is 2.46. The summed E-state index contributed by atoms with van der Waals surface area (Å²) in [6.45, 7) is 5.36. The van der Waals surface area contributed by atoms with Gasteiger partial charge in [0, 0.05) is 24.2 Å². The van der Waals surface area contributed by atoms with E-state index in [0.717, 1.165) is 42.8 Å². The Labute approximate surface area is 129 Å². The Hall–Kier alpha value is -0.620. The van der Waals surface area contributed by atoms with Gasteiger partial charge in [0.15, 0.2) is 0 Å². The topological polar surface area (TPSA) is 50.7 Å². The van der Waals surface area contributed by atoms with Crippen LogP contribution in [-0.4, -0.2) is 44.1 Å². The molecular weight excluding hydrogens is 322 g/mol. The van der Waals surface area contributed by atoms with Crippen molar-refractivity contribution in [2.24, 2.45) is 0 Å². The minimum Gasteiger partial charge on any atom is -0.491 e. The zero-order valence-corrected chi connectivity index (χ0v) is 13.6. The lowest BCUT2D eigenvalue weighted by molar-refractivity contribution is 0.103. The molecule has 4 nitrogen and oxygen atoms in total. The fourth-order valence-electron chi connectivity index (χ4n) is 1.60. The van der Waals surface area contributed by atoms with Crippen molar-refractivity contribution in [2.75, 3.05) is 32.9 Å². The van der Waals surface area contributed by atoms with Crippen molar-refractivity contribution in [2.45, 2.75) is 25.9 Å². The van der Waals surface area contributed by atoms with Crippen molar-refractivity contribution in [1.29, 1.82) is 0 Å². The highest BCUT2D eigenvalue weighted by atomic mass is 79.9. The van der Waals surface area contributed by atoms with Crippen molar-refractivity contribution in [3.63, 3.8) is 0 Å². The summed E-state index contributed by atoms with van der Waals surface area (Å²) in [7, 11) is 0. The molecule has 5 heteroatoms. The minimum absolute atomic E-state index is 0.293. The second kappa shape index (κ2) is 11.1. The molecule has 1 aromatic rings. The van der Waals surface area contributed by atoms with Crippen LogP contribution in [-0.2, 0) is 4.74 Å². The van der Waals surface area contributed by atoms with Crippen LogP contribution in [0.2, 0.25) is 0 Å². The van der Waals surface area contributed by atoms with Crippen molar-refractivity contribution in [3.05, 3.63) is 28.7 Å². The molecule has 0 saturated carbocycles. The highest BCUT2D eigenvalue weighted by Gasteiger charge is 2.04. The van der Waals surface area contributed by atoms with Crippen molar-refractivity contribution >= 4 is 15.9 Å². The van der Waals surface area contributed by atoms with Gasteiger partial charge in [-0.15, -0.1) is 0 Å². The standard InChI is InChI=1S/C15H24BrNO3/c1-2-9-19-10-3-8-17-11-14(18)12-20-15-6-4-13(16)5-7-15/h4-7,14,17-18H,2-3,8-12H2,1H3. The van der Waals surface area contributed by atoms with Crippen LogP contribution in [0.3, 0.4) is 0 Å². The Bertz CT molecular complexity index is 345. The number of nitrogens with one attached hydrogen (secondary N) is 1. The SMILES string of the molecule is CCCOCCCNCC(O)COc1ccc(Br)cc1. The molecule has 0 aliphatic carbocycles. The quantitative estimate of drug-likeness (QED) is 0.605. The van der Waals surface area contributed by atoms with E-state index in [9.17, 15) is 5.11 Å². The fourth-order valence-corrected chi connectivity index (χ4v) is 1.86. The highest BCUT2D eigenvalue weighted by molar-refractivity contribution is 9.10. The maximum atomic E-state index is 9.78. The average molecular weight is 346 g/mol. The summed E-state index contributed by atoms with van der Waals surface area (Å²) in [6.07, 6.45) is 1.51. The number of aliphatic hydroxyl groups is 1. The lowest BCUT2D eigenvalue weighted by atomic mass is 10.3. The van der Waals surface area contributed by atoms with Gasteiger partial charge in [-0.1, -0.05) is 22.9 Å². The Morgan fingerprint density at radius 2 is 2.00 bits per heavy atom. The van der Waals surface area contributed by atoms with Crippen LogP contribution in [0.25, 0.3) is 0 Å². The molecular formula is C15H24BrNO3. The summed E-state index contributed by atoms with van der Waals surface area (Å²) in [4.78, 5) is 0. The summed E-state index contributed by atoms with van der Waals surface area (Å²) in [5, 5.41) is 13.0. The predicted octanol–water partition coefficient (Wildman–Crippen LogP) is 2.60. The Morgan fingerprint density at radius 3 is 2.70 bits per heavy atom. The van der Waals surface area contributed by atoms with Gasteiger partial charge in [0.05, 0.1) is 0 Å². The Morgan fingerprint density at radius 1 is 1.25 bits per heavy atom. The second-order valence-electron chi connectivity index (χ2n) is 4.59. The first-order valence-electron chi connectivity index (χ1n) is 7.07. The van der Waals surface area contributed by atoms with E-state index in [4.69, 9.17) is 9.47 Å². The van der Waals surface area contributed by atoms with E-state index in [2.05, 4.69) is 28.2 Å². The normalized spacial score (nSPS) is 12.3. The van der Waals surface area contributed by atoms with Gasteiger partial charge in [-0.3, -0.25) is 0 Å². The molecule has 1 rings (SSSR count). The molecule has 0 fully saturated rings. The van der Waals surface area contributed by atoms with Crippen LogP contribution in [0.1, 0.15) is 19.8 Å². The summed E-state index contributed by atoms with van der Waals surface area (Å²) >= 11 is 3.36. The second-order valence-corrected chi connectivity index (χ2v) is 5.50. The number of aliphatic hydroxyl groups excluding tert-OH is 1. The van der Waals surface area contributed by atoms with E-state index >= 15 is 0 Å². The maximum Gasteiger partial charge on any atom is 0.119 e. The van der Waals surface area contributed by atoms with Crippen LogP contribution >= 0.6 is 15.9 Å². The predicted molar refractivity (Wildman–Crippen MR) is 84.2 cm³/mol. The largest absolute Gasteiger partial charge is 0.491 e. The number of ether oxygens (including phenoxy) is 2. The van der Waals surface area contributed by atoms with E-state index < -0.39 is 6.10 Å². The third-order valence-corrected chi connectivity index (χ3v) is 3.16. The molecule has 0 amide bonds. The first-order chi connectivity index (χ1) is 9.72. The van der Waals surface area contributed by atoms with Crippen molar-refractivity contribution < 1.29 is 14.6 Å². The molecule has 0 saturated heterocycles. The van der Waals surface area contributed by atoms with E-state index in [1.807, 2.05) is 24.3 Å². The molecule has 2 N–H and O–H groups in total. The minimum atomic E-state index is -0.504.